The Kier molecular flexibility index (Phi) is 4.28. The minimum atomic E-state index is -0.0495. The molecule has 0 radical (unpaired) electrons. The van der Waals surface area contributed by atoms with Gasteiger partial charge in [-0.1, -0.05) is 50.4 Å². The van der Waals surface area contributed by atoms with Crippen LogP contribution < -0.4 is 5.32 Å². The van der Waals surface area contributed by atoms with Crippen LogP contribution in [-0.2, 0) is 0 Å². The summed E-state index contributed by atoms with van der Waals surface area (Å²) in [5.41, 5.74) is 0.574. The molecule has 3 atom stereocenters. The van der Waals surface area contributed by atoms with Crippen LogP contribution in [0, 0.1) is 11.8 Å². The van der Waals surface area contributed by atoms with Crippen molar-refractivity contribution in [2.24, 2.45) is 11.8 Å². The van der Waals surface area contributed by atoms with Crippen molar-refractivity contribution in [3.8, 4) is 0 Å². The van der Waals surface area contributed by atoms with Gasteiger partial charge in [0, 0.05) is 6.04 Å². The number of carbonyl (C=O) groups excluding carboxylic acids is 1. The molecule has 1 aromatic carbocycles. The molecular weight excluding hydrogens is 246 g/mol. The van der Waals surface area contributed by atoms with E-state index in [0.29, 0.717) is 22.4 Å². The number of nitrogens with one attached hydrogen (secondary N) is 1. The highest BCUT2D eigenvalue weighted by Crippen LogP contribution is 2.29. The van der Waals surface area contributed by atoms with Crippen molar-refractivity contribution in [3.63, 3.8) is 0 Å². The summed E-state index contributed by atoms with van der Waals surface area (Å²) in [6.07, 6.45) is 3.53. The lowest BCUT2D eigenvalue weighted by Gasteiger charge is -2.34. The van der Waals surface area contributed by atoms with Gasteiger partial charge in [0.05, 0.1) is 10.6 Å². The highest BCUT2D eigenvalue weighted by Gasteiger charge is 2.28. The van der Waals surface area contributed by atoms with Gasteiger partial charge in [-0.25, -0.2) is 0 Å². The predicted octanol–water partition coefficient (Wildman–Crippen LogP) is 3.89. The van der Waals surface area contributed by atoms with Crippen LogP contribution in [0.3, 0.4) is 0 Å². The molecular formula is C15H20ClNO. The van der Waals surface area contributed by atoms with E-state index in [1.165, 1.54) is 12.8 Å². The lowest BCUT2D eigenvalue weighted by Crippen LogP contribution is -2.43. The fraction of sp³-hybridized carbons (Fsp3) is 0.533. The third-order valence-corrected chi connectivity index (χ3v) is 4.47. The molecule has 1 fully saturated rings. The molecule has 0 aliphatic heterocycles. The second-order valence-electron chi connectivity index (χ2n) is 5.33. The van der Waals surface area contributed by atoms with E-state index in [-0.39, 0.29) is 11.9 Å². The molecule has 1 amide bonds. The lowest BCUT2D eigenvalue weighted by molar-refractivity contribution is 0.0891. The zero-order chi connectivity index (χ0) is 13.1. The summed E-state index contributed by atoms with van der Waals surface area (Å²) in [6, 6.07) is 7.48. The summed E-state index contributed by atoms with van der Waals surface area (Å²) in [7, 11) is 0. The summed E-state index contributed by atoms with van der Waals surface area (Å²) >= 11 is 6.04. The van der Waals surface area contributed by atoms with Crippen molar-refractivity contribution in [2.45, 2.75) is 39.2 Å². The molecule has 1 aliphatic rings. The van der Waals surface area contributed by atoms with Gasteiger partial charge in [-0.05, 0) is 30.4 Å². The second-order valence-corrected chi connectivity index (χ2v) is 5.73. The molecule has 18 heavy (non-hydrogen) atoms. The van der Waals surface area contributed by atoms with Crippen LogP contribution in [0.25, 0.3) is 0 Å². The van der Waals surface area contributed by atoms with Gasteiger partial charge in [-0.15, -0.1) is 0 Å². The molecule has 0 aromatic heterocycles. The molecule has 1 saturated carbocycles. The number of rotatable bonds is 2. The van der Waals surface area contributed by atoms with E-state index in [1.807, 2.05) is 12.1 Å². The molecule has 0 saturated heterocycles. The van der Waals surface area contributed by atoms with Crippen molar-refractivity contribution < 1.29 is 4.79 Å². The minimum absolute atomic E-state index is 0.0495. The van der Waals surface area contributed by atoms with Gasteiger partial charge >= 0.3 is 0 Å². The van der Waals surface area contributed by atoms with Crippen molar-refractivity contribution in [1.82, 2.24) is 5.32 Å². The second kappa shape index (κ2) is 5.75. The van der Waals surface area contributed by atoms with Crippen molar-refractivity contribution >= 4 is 17.5 Å². The van der Waals surface area contributed by atoms with Crippen LogP contribution in [0.2, 0.25) is 5.02 Å². The largest absolute Gasteiger partial charge is 0.349 e. The fourth-order valence-electron chi connectivity index (χ4n) is 2.68. The number of amides is 1. The molecule has 1 N–H and O–H groups in total. The maximum Gasteiger partial charge on any atom is 0.253 e. The highest BCUT2D eigenvalue weighted by molar-refractivity contribution is 6.33. The quantitative estimate of drug-likeness (QED) is 0.863. The van der Waals surface area contributed by atoms with Crippen LogP contribution in [0.15, 0.2) is 24.3 Å². The molecule has 3 heteroatoms. The normalized spacial score (nSPS) is 27.8. The highest BCUT2D eigenvalue weighted by atomic mass is 35.5. The van der Waals surface area contributed by atoms with Gasteiger partial charge in [0.2, 0.25) is 0 Å². The SMILES string of the molecule is C[C@H]1[C@H](C)CCC[C@@H]1NC(=O)c1ccccc1Cl. The number of carbonyl (C=O) groups is 1. The topological polar surface area (TPSA) is 29.1 Å². The molecule has 98 valence electrons. The van der Waals surface area contributed by atoms with Crippen molar-refractivity contribution in [1.29, 1.82) is 0 Å². The van der Waals surface area contributed by atoms with Gasteiger partial charge in [0.15, 0.2) is 0 Å². The molecule has 1 aliphatic carbocycles. The Morgan fingerprint density at radius 2 is 2.00 bits per heavy atom. The molecule has 2 rings (SSSR count). The Morgan fingerprint density at radius 3 is 2.72 bits per heavy atom. The number of hydrogen-bond donors (Lipinski definition) is 1. The molecule has 0 heterocycles. The van der Waals surface area contributed by atoms with E-state index >= 15 is 0 Å². The number of halogens is 1. The smallest absolute Gasteiger partial charge is 0.253 e. The first-order chi connectivity index (χ1) is 8.59. The Balaban J connectivity index is 2.05. The Hall–Kier alpha value is -1.02. The van der Waals surface area contributed by atoms with Gasteiger partial charge in [0.1, 0.15) is 0 Å². The van der Waals surface area contributed by atoms with Crippen molar-refractivity contribution in [3.05, 3.63) is 34.9 Å². The predicted molar refractivity (Wildman–Crippen MR) is 74.9 cm³/mol. The maximum absolute atomic E-state index is 12.2. The van der Waals surface area contributed by atoms with Crippen LogP contribution in [0.4, 0.5) is 0 Å². The van der Waals surface area contributed by atoms with E-state index in [0.717, 1.165) is 6.42 Å². The molecule has 1 aromatic rings. The molecule has 0 spiro atoms. The molecule has 2 nitrogen and oxygen atoms in total. The molecule has 0 unspecified atom stereocenters. The zero-order valence-electron chi connectivity index (χ0n) is 10.9. The molecule has 0 bridgehead atoms. The maximum atomic E-state index is 12.2. The summed E-state index contributed by atoms with van der Waals surface area (Å²) in [5.74, 6) is 1.16. The van der Waals surface area contributed by atoms with E-state index in [1.54, 1.807) is 12.1 Å². The van der Waals surface area contributed by atoms with E-state index in [4.69, 9.17) is 11.6 Å². The van der Waals surface area contributed by atoms with Crippen LogP contribution in [0.5, 0.6) is 0 Å². The van der Waals surface area contributed by atoms with Crippen LogP contribution >= 0.6 is 11.6 Å². The summed E-state index contributed by atoms with van der Waals surface area (Å²) in [4.78, 5) is 12.2. The van der Waals surface area contributed by atoms with E-state index in [2.05, 4.69) is 19.2 Å². The Morgan fingerprint density at radius 1 is 1.28 bits per heavy atom. The first-order valence-corrected chi connectivity index (χ1v) is 7.02. The fourth-order valence-corrected chi connectivity index (χ4v) is 2.90. The standard InChI is InChI=1S/C15H20ClNO/c1-10-6-5-9-14(11(10)2)17-15(18)12-7-3-4-8-13(12)16/h3-4,7-8,10-11,14H,5-6,9H2,1-2H3,(H,17,18)/t10-,11+,14+/m1/s1. The van der Waals surface area contributed by atoms with Gasteiger partial charge in [-0.3, -0.25) is 4.79 Å². The Bertz CT molecular complexity index is 432. The first kappa shape index (κ1) is 13.4. The average Bonchev–Trinajstić information content (AvgIpc) is 2.35. The Labute approximate surface area is 114 Å². The zero-order valence-corrected chi connectivity index (χ0v) is 11.7. The van der Waals surface area contributed by atoms with E-state index in [9.17, 15) is 4.79 Å². The summed E-state index contributed by atoms with van der Waals surface area (Å²) in [5, 5.41) is 3.65. The lowest BCUT2D eigenvalue weighted by atomic mass is 9.78. The van der Waals surface area contributed by atoms with Gasteiger partial charge < -0.3 is 5.32 Å². The average molecular weight is 266 g/mol. The number of benzene rings is 1. The summed E-state index contributed by atoms with van der Waals surface area (Å²) in [6.45, 7) is 4.49. The first-order valence-electron chi connectivity index (χ1n) is 6.65. The van der Waals surface area contributed by atoms with E-state index < -0.39 is 0 Å². The van der Waals surface area contributed by atoms with Crippen LogP contribution in [-0.4, -0.2) is 11.9 Å². The summed E-state index contributed by atoms with van der Waals surface area (Å²) < 4.78 is 0. The van der Waals surface area contributed by atoms with Crippen molar-refractivity contribution in [2.75, 3.05) is 0 Å². The third kappa shape index (κ3) is 2.86. The number of hydrogen-bond acceptors (Lipinski definition) is 1. The van der Waals surface area contributed by atoms with Crippen LogP contribution in [0.1, 0.15) is 43.5 Å². The van der Waals surface area contributed by atoms with Gasteiger partial charge in [0.25, 0.3) is 5.91 Å². The van der Waals surface area contributed by atoms with Gasteiger partial charge in [-0.2, -0.15) is 0 Å². The monoisotopic (exact) mass is 265 g/mol. The third-order valence-electron chi connectivity index (χ3n) is 4.14. The minimum Gasteiger partial charge on any atom is -0.349 e.